The highest BCUT2D eigenvalue weighted by Crippen LogP contribution is 2.25. The summed E-state index contributed by atoms with van der Waals surface area (Å²) in [5.41, 5.74) is 6.10. The van der Waals surface area contributed by atoms with Crippen molar-refractivity contribution in [2.75, 3.05) is 18.2 Å². The number of methoxy groups -OCH3 is 1. The van der Waals surface area contributed by atoms with Crippen LogP contribution in [0.2, 0.25) is 0 Å². The van der Waals surface area contributed by atoms with Crippen molar-refractivity contribution in [3.05, 3.63) is 53.6 Å². The number of ether oxygens (including phenoxy) is 1. The lowest BCUT2D eigenvalue weighted by molar-refractivity contribution is 0.0594. The van der Waals surface area contributed by atoms with E-state index < -0.39 is 23.2 Å². The molecule has 0 amide bonds. The van der Waals surface area contributed by atoms with Gasteiger partial charge in [-0.1, -0.05) is 0 Å². The number of hydrogen-bond donors (Lipinski definition) is 2. The fraction of sp³-hybridized carbons (Fsp3) is 0.0714. The minimum atomic E-state index is -1.25. The Bertz CT molecular complexity index is 642. The van der Waals surface area contributed by atoms with Crippen LogP contribution in [-0.2, 0) is 4.74 Å². The zero-order chi connectivity index (χ0) is 14.7. The van der Waals surface area contributed by atoms with Crippen molar-refractivity contribution in [3.63, 3.8) is 0 Å². The standard InChI is InChI=1S/C14H12F2N2O2/c1-20-14(19)10-6-7-11(13(16)12(10)15)18-9-4-2-8(17)3-5-9/h2-7,18H,17H2,1H3. The fourth-order valence-electron chi connectivity index (χ4n) is 1.64. The summed E-state index contributed by atoms with van der Waals surface area (Å²) in [5.74, 6) is -3.33. The molecule has 2 aromatic rings. The SMILES string of the molecule is COC(=O)c1ccc(Nc2ccc(N)cc2)c(F)c1F. The minimum absolute atomic E-state index is 0.0834. The smallest absolute Gasteiger partial charge is 0.340 e. The summed E-state index contributed by atoms with van der Waals surface area (Å²) < 4.78 is 31.9. The first-order valence-corrected chi connectivity index (χ1v) is 5.72. The molecule has 0 fully saturated rings. The van der Waals surface area contributed by atoms with E-state index in [2.05, 4.69) is 10.1 Å². The van der Waals surface area contributed by atoms with Gasteiger partial charge in [0.15, 0.2) is 11.6 Å². The maximum Gasteiger partial charge on any atom is 0.340 e. The molecule has 2 aromatic carbocycles. The number of benzene rings is 2. The maximum atomic E-state index is 13.9. The van der Waals surface area contributed by atoms with Crippen LogP contribution in [0, 0.1) is 11.6 Å². The van der Waals surface area contributed by atoms with Gasteiger partial charge in [0, 0.05) is 11.4 Å². The molecule has 0 bridgehead atoms. The van der Waals surface area contributed by atoms with E-state index in [1.165, 1.54) is 6.07 Å². The molecule has 0 spiro atoms. The summed E-state index contributed by atoms with van der Waals surface area (Å²) in [6.45, 7) is 0. The number of nitrogen functional groups attached to an aromatic ring is 1. The van der Waals surface area contributed by atoms with Crippen molar-refractivity contribution in [1.82, 2.24) is 0 Å². The normalized spacial score (nSPS) is 10.2. The van der Waals surface area contributed by atoms with E-state index in [9.17, 15) is 13.6 Å². The van der Waals surface area contributed by atoms with E-state index in [1.54, 1.807) is 24.3 Å². The number of esters is 1. The summed E-state index contributed by atoms with van der Waals surface area (Å²) in [5, 5.41) is 2.70. The fourth-order valence-corrected chi connectivity index (χ4v) is 1.64. The van der Waals surface area contributed by atoms with Gasteiger partial charge in [-0.05, 0) is 36.4 Å². The maximum absolute atomic E-state index is 13.9. The van der Waals surface area contributed by atoms with Gasteiger partial charge in [-0.2, -0.15) is 0 Å². The van der Waals surface area contributed by atoms with Gasteiger partial charge in [0.2, 0.25) is 0 Å². The monoisotopic (exact) mass is 278 g/mol. The van der Waals surface area contributed by atoms with Gasteiger partial charge >= 0.3 is 5.97 Å². The third-order valence-electron chi connectivity index (χ3n) is 2.68. The second-order valence-electron chi connectivity index (χ2n) is 4.03. The van der Waals surface area contributed by atoms with E-state index in [0.717, 1.165) is 13.2 Å². The van der Waals surface area contributed by atoms with Gasteiger partial charge in [-0.15, -0.1) is 0 Å². The average Bonchev–Trinajstić information content (AvgIpc) is 2.45. The number of nitrogens with one attached hydrogen (secondary N) is 1. The Morgan fingerprint density at radius 1 is 1.10 bits per heavy atom. The molecule has 4 nitrogen and oxygen atoms in total. The molecule has 104 valence electrons. The quantitative estimate of drug-likeness (QED) is 0.669. The summed E-state index contributed by atoms with van der Waals surface area (Å²) in [6, 6.07) is 8.92. The Morgan fingerprint density at radius 2 is 1.75 bits per heavy atom. The van der Waals surface area contributed by atoms with Crippen LogP contribution in [0.1, 0.15) is 10.4 Å². The van der Waals surface area contributed by atoms with E-state index in [-0.39, 0.29) is 5.69 Å². The van der Waals surface area contributed by atoms with Gasteiger partial charge in [0.25, 0.3) is 0 Å². The number of anilines is 3. The van der Waals surface area contributed by atoms with Crippen LogP contribution in [-0.4, -0.2) is 13.1 Å². The van der Waals surface area contributed by atoms with Crippen LogP contribution < -0.4 is 11.1 Å². The molecule has 0 aliphatic heterocycles. The Labute approximate surface area is 114 Å². The zero-order valence-electron chi connectivity index (χ0n) is 10.6. The number of carbonyl (C=O) groups is 1. The summed E-state index contributed by atoms with van der Waals surface area (Å²) in [7, 11) is 1.10. The molecular weight excluding hydrogens is 266 g/mol. The van der Waals surface area contributed by atoms with Crippen molar-refractivity contribution in [1.29, 1.82) is 0 Å². The molecule has 0 radical (unpaired) electrons. The van der Waals surface area contributed by atoms with Crippen LogP contribution in [0.25, 0.3) is 0 Å². The third kappa shape index (κ3) is 2.69. The molecule has 3 N–H and O–H groups in total. The molecule has 0 aromatic heterocycles. The first-order chi connectivity index (χ1) is 9.52. The van der Waals surface area contributed by atoms with Crippen molar-refractivity contribution in [3.8, 4) is 0 Å². The van der Waals surface area contributed by atoms with Crippen molar-refractivity contribution in [2.45, 2.75) is 0 Å². The van der Waals surface area contributed by atoms with Crippen LogP contribution in [0.3, 0.4) is 0 Å². The Hall–Kier alpha value is -2.63. The molecule has 6 heteroatoms. The molecule has 0 aliphatic carbocycles. The van der Waals surface area contributed by atoms with Gasteiger partial charge in [0.1, 0.15) is 0 Å². The lowest BCUT2D eigenvalue weighted by Gasteiger charge is -2.10. The van der Waals surface area contributed by atoms with Crippen molar-refractivity contribution < 1.29 is 18.3 Å². The summed E-state index contributed by atoms with van der Waals surface area (Å²) >= 11 is 0. The van der Waals surface area contributed by atoms with E-state index >= 15 is 0 Å². The van der Waals surface area contributed by atoms with Crippen LogP contribution in [0.5, 0.6) is 0 Å². The van der Waals surface area contributed by atoms with Gasteiger partial charge in [-0.3, -0.25) is 0 Å². The Morgan fingerprint density at radius 3 is 2.35 bits per heavy atom. The summed E-state index contributed by atoms with van der Waals surface area (Å²) in [6.07, 6.45) is 0. The average molecular weight is 278 g/mol. The highest BCUT2D eigenvalue weighted by molar-refractivity contribution is 5.90. The number of rotatable bonds is 3. The second kappa shape index (κ2) is 5.56. The van der Waals surface area contributed by atoms with Crippen LogP contribution >= 0.6 is 0 Å². The molecule has 2 rings (SSSR count). The van der Waals surface area contributed by atoms with E-state index in [0.29, 0.717) is 11.4 Å². The molecule has 0 atom stereocenters. The minimum Gasteiger partial charge on any atom is -0.465 e. The van der Waals surface area contributed by atoms with E-state index in [1.807, 2.05) is 0 Å². The molecule has 0 saturated heterocycles. The first-order valence-electron chi connectivity index (χ1n) is 5.72. The largest absolute Gasteiger partial charge is 0.465 e. The molecule has 0 aliphatic rings. The van der Waals surface area contributed by atoms with Gasteiger partial charge in [-0.25, -0.2) is 13.6 Å². The van der Waals surface area contributed by atoms with Gasteiger partial charge in [0.05, 0.1) is 18.4 Å². The predicted octanol–water partition coefficient (Wildman–Crippen LogP) is 3.08. The van der Waals surface area contributed by atoms with Crippen LogP contribution in [0.15, 0.2) is 36.4 Å². The Kier molecular flexibility index (Phi) is 3.84. The predicted molar refractivity (Wildman–Crippen MR) is 71.8 cm³/mol. The second-order valence-corrected chi connectivity index (χ2v) is 4.03. The molecule has 20 heavy (non-hydrogen) atoms. The highest BCUT2D eigenvalue weighted by Gasteiger charge is 2.19. The molecule has 0 unspecified atom stereocenters. The van der Waals surface area contributed by atoms with Gasteiger partial charge < -0.3 is 15.8 Å². The number of halogens is 2. The highest BCUT2D eigenvalue weighted by atomic mass is 19.2. The summed E-state index contributed by atoms with van der Waals surface area (Å²) in [4.78, 5) is 11.2. The lowest BCUT2D eigenvalue weighted by Crippen LogP contribution is -2.07. The number of hydrogen-bond acceptors (Lipinski definition) is 4. The topological polar surface area (TPSA) is 64.3 Å². The molecular formula is C14H12F2N2O2. The number of carbonyl (C=O) groups excluding carboxylic acids is 1. The third-order valence-corrected chi connectivity index (χ3v) is 2.68. The van der Waals surface area contributed by atoms with Crippen LogP contribution in [0.4, 0.5) is 25.8 Å². The Balaban J connectivity index is 2.32. The van der Waals surface area contributed by atoms with Crippen molar-refractivity contribution in [2.24, 2.45) is 0 Å². The molecule has 0 saturated carbocycles. The first kappa shape index (κ1) is 13.8. The van der Waals surface area contributed by atoms with Crippen molar-refractivity contribution >= 4 is 23.0 Å². The molecule has 0 heterocycles. The zero-order valence-corrected chi connectivity index (χ0v) is 10.6. The number of nitrogens with two attached hydrogens (primary N) is 1. The lowest BCUT2D eigenvalue weighted by atomic mass is 10.1. The van der Waals surface area contributed by atoms with E-state index in [4.69, 9.17) is 5.73 Å².